The summed E-state index contributed by atoms with van der Waals surface area (Å²) in [4.78, 5) is 13.4. The molecule has 0 aromatic heterocycles. The zero-order valence-corrected chi connectivity index (χ0v) is 12.1. The van der Waals surface area contributed by atoms with Gasteiger partial charge in [0.25, 0.3) is 0 Å². The van der Waals surface area contributed by atoms with Crippen molar-refractivity contribution in [2.45, 2.75) is 32.8 Å². The summed E-state index contributed by atoms with van der Waals surface area (Å²) in [6, 6.07) is 5.40. The molecular formula is C14H19F3N2O2. The minimum Gasteiger partial charge on any atom is -0.405 e. The van der Waals surface area contributed by atoms with Crippen molar-refractivity contribution < 1.29 is 22.7 Å². The molecule has 0 saturated heterocycles. The Balaban J connectivity index is 2.86. The summed E-state index contributed by atoms with van der Waals surface area (Å²) in [5.41, 5.74) is 5.94. The Bertz CT molecular complexity index is 489. The van der Waals surface area contributed by atoms with Crippen molar-refractivity contribution in [3.05, 3.63) is 29.8 Å². The summed E-state index contributed by atoms with van der Waals surface area (Å²) in [6.45, 7) is 3.40. The number of para-hydroxylation sites is 1. The van der Waals surface area contributed by atoms with Crippen LogP contribution in [0.5, 0.6) is 5.75 Å². The highest BCUT2D eigenvalue weighted by atomic mass is 19.4. The summed E-state index contributed by atoms with van der Waals surface area (Å²) in [7, 11) is 1.52. The molecule has 0 aliphatic carbocycles. The zero-order chi connectivity index (χ0) is 16.2. The average molecular weight is 304 g/mol. The van der Waals surface area contributed by atoms with Crippen LogP contribution in [0.25, 0.3) is 0 Å². The summed E-state index contributed by atoms with van der Waals surface area (Å²) in [6.07, 6.45) is -4.77. The molecule has 1 amide bonds. The molecule has 0 spiro atoms. The highest BCUT2D eigenvalue weighted by Gasteiger charge is 2.32. The van der Waals surface area contributed by atoms with Crippen molar-refractivity contribution in [3.8, 4) is 5.75 Å². The van der Waals surface area contributed by atoms with Gasteiger partial charge in [0.15, 0.2) is 0 Å². The number of nitrogens with two attached hydrogens (primary N) is 1. The van der Waals surface area contributed by atoms with Crippen molar-refractivity contribution in [1.82, 2.24) is 4.90 Å². The molecular weight excluding hydrogens is 285 g/mol. The Morgan fingerprint density at radius 1 is 1.33 bits per heavy atom. The summed E-state index contributed by atoms with van der Waals surface area (Å²) < 4.78 is 41.0. The standard InChI is InChI=1S/C14H19F3N2O2/c1-9(10(2)18)13(20)19(3)8-11-6-4-5-7-12(11)21-14(15,16)17/h4-7,9-10H,8,18H2,1-3H3. The number of carbonyl (C=O) groups is 1. The lowest BCUT2D eigenvalue weighted by atomic mass is 10.0. The van der Waals surface area contributed by atoms with E-state index in [1.165, 1.54) is 30.1 Å². The minimum atomic E-state index is -4.77. The van der Waals surface area contributed by atoms with E-state index >= 15 is 0 Å². The van der Waals surface area contributed by atoms with Crippen LogP contribution < -0.4 is 10.5 Å². The van der Waals surface area contributed by atoms with Crippen LogP contribution in [-0.4, -0.2) is 30.3 Å². The molecule has 0 aliphatic heterocycles. The number of hydrogen-bond acceptors (Lipinski definition) is 3. The average Bonchev–Trinajstić information content (AvgIpc) is 2.37. The second kappa shape index (κ2) is 6.80. The molecule has 1 aromatic carbocycles. The smallest absolute Gasteiger partial charge is 0.405 e. The number of benzene rings is 1. The van der Waals surface area contributed by atoms with Gasteiger partial charge in [-0.3, -0.25) is 4.79 Å². The minimum absolute atomic E-state index is 0.0160. The molecule has 0 aliphatic rings. The normalized spacial score (nSPS) is 14.4. The van der Waals surface area contributed by atoms with Crippen LogP contribution in [0.2, 0.25) is 0 Å². The number of ether oxygens (including phenoxy) is 1. The van der Waals surface area contributed by atoms with E-state index in [1.54, 1.807) is 19.9 Å². The van der Waals surface area contributed by atoms with E-state index < -0.39 is 12.3 Å². The summed E-state index contributed by atoms with van der Waals surface area (Å²) >= 11 is 0. The molecule has 7 heteroatoms. The van der Waals surface area contributed by atoms with Gasteiger partial charge in [-0.2, -0.15) is 0 Å². The largest absolute Gasteiger partial charge is 0.573 e. The van der Waals surface area contributed by atoms with Crippen LogP contribution in [0.15, 0.2) is 24.3 Å². The van der Waals surface area contributed by atoms with Crippen molar-refractivity contribution in [2.24, 2.45) is 11.7 Å². The van der Waals surface area contributed by atoms with Crippen LogP contribution in [0.1, 0.15) is 19.4 Å². The molecule has 2 unspecified atom stereocenters. The monoisotopic (exact) mass is 304 g/mol. The van der Waals surface area contributed by atoms with Crippen molar-refractivity contribution >= 4 is 5.91 Å². The van der Waals surface area contributed by atoms with Gasteiger partial charge in [0, 0.05) is 25.2 Å². The van der Waals surface area contributed by atoms with E-state index in [9.17, 15) is 18.0 Å². The molecule has 0 heterocycles. The van der Waals surface area contributed by atoms with Crippen LogP contribution in [0, 0.1) is 5.92 Å². The van der Waals surface area contributed by atoms with E-state index in [2.05, 4.69) is 4.74 Å². The summed E-state index contributed by atoms with van der Waals surface area (Å²) in [5, 5.41) is 0. The molecule has 0 radical (unpaired) electrons. The third-order valence-corrected chi connectivity index (χ3v) is 3.16. The fraction of sp³-hybridized carbons (Fsp3) is 0.500. The Hall–Kier alpha value is -1.76. The second-order valence-electron chi connectivity index (χ2n) is 5.00. The van der Waals surface area contributed by atoms with Crippen molar-refractivity contribution in [1.29, 1.82) is 0 Å². The number of rotatable bonds is 5. The van der Waals surface area contributed by atoms with Gasteiger partial charge in [0.2, 0.25) is 5.91 Å². The molecule has 0 bridgehead atoms. The van der Waals surface area contributed by atoms with Crippen LogP contribution >= 0.6 is 0 Å². The number of halogens is 3. The fourth-order valence-electron chi connectivity index (χ4n) is 1.76. The Morgan fingerprint density at radius 2 is 1.90 bits per heavy atom. The van der Waals surface area contributed by atoms with E-state index in [-0.39, 0.29) is 29.8 Å². The first-order valence-electron chi connectivity index (χ1n) is 6.46. The molecule has 1 rings (SSSR count). The first kappa shape index (κ1) is 17.3. The maximum atomic E-state index is 12.3. The van der Waals surface area contributed by atoms with E-state index in [1.807, 2.05) is 0 Å². The van der Waals surface area contributed by atoms with E-state index in [0.29, 0.717) is 0 Å². The topological polar surface area (TPSA) is 55.6 Å². The van der Waals surface area contributed by atoms with Crippen LogP contribution in [0.3, 0.4) is 0 Å². The molecule has 21 heavy (non-hydrogen) atoms. The van der Waals surface area contributed by atoms with Crippen LogP contribution in [0.4, 0.5) is 13.2 Å². The highest BCUT2D eigenvalue weighted by molar-refractivity contribution is 5.78. The van der Waals surface area contributed by atoms with Crippen molar-refractivity contribution in [3.63, 3.8) is 0 Å². The Kier molecular flexibility index (Phi) is 5.60. The van der Waals surface area contributed by atoms with Gasteiger partial charge < -0.3 is 15.4 Å². The summed E-state index contributed by atoms with van der Waals surface area (Å²) in [5.74, 6) is -0.949. The third kappa shape index (κ3) is 5.26. The van der Waals surface area contributed by atoms with Crippen molar-refractivity contribution in [2.75, 3.05) is 7.05 Å². The lowest BCUT2D eigenvalue weighted by molar-refractivity contribution is -0.275. The number of carbonyl (C=O) groups excluding carboxylic acids is 1. The van der Waals surface area contributed by atoms with Gasteiger partial charge in [0.1, 0.15) is 5.75 Å². The molecule has 2 N–H and O–H groups in total. The number of nitrogens with zero attached hydrogens (tertiary/aromatic N) is 1. The molecule has 1 aromatic rings. The lowest BCUT2D eigenvalue weighted by Gasteiger charge is -2.24. The maximum absolute atomic E-state index is 12.3. The van der Waals surface area contributed by atoms with Gasteiger partial charge >= 0.3 is 6.36 Å². The van der Waals surface area contributed by atoms with E-state index in [0.717, 1.165) is 0 Å². The second-order valence-corrected chi connectivity index (χ2v) is 5.00. The Labute approximate surface area is 121 Å². The zero-order valence-electron chi connectivity index (χ0n) is 12.1. The predicted molar refractivity (Wildman–Crippen MR) is 72.4 cm³/mol. The third-order valence-electron chi connectivity index (χ3n) is 3.16. The predicted octanol–water partition coefficient (Wildman–Crippen LogP) is 2.53. The fourth-order valence-corrected chi connectivity index (χ4v) is 1.76. The van der Waals surface area contributed by atoms with Gasteiger partial charge in [-0.25, -0.2) is 0 Å². The molecule has 2 atom stereocenters. The van der Waals surface area contributed by atoms with Gasteiger partial charge in [-0.15, -0.1) is 13.2 Å². The SMILES string of the molecule is CC(N)C(C)C(=O)N(C)Cc1ccccc1OC(F)(F)F. The first-order chi connectivity index (χ1) is 9.61. The van der Waals surface area contributed by atoms with Crippen LogP contribution in [-0.2, 0) is 11.3 Å². The molecule has 0 saturated carbocycles. The lowest BCUT2D eigenvalue weighted by Crippen LogP contribution is -2.39. The quantitative estimate of drug-likeness (QED) is 0.909. The maximum Gasteiger partial charge on any atom is 0.573 e. The van der Waals surface area contributed by atoms with Gasteiger partial charge in [-0.1, -0.05) is 25.1 Å². The first-order valence-corrected chi connectivity index (χ1v) is 6.46. The highest BCUT2D eigenvalue weighted by Crippen LogP contribution is 2.27. The molecule has 4 nitrogen and oxygen atoms in total. The van der Waals surface area contributed by atoms with Gasteiger partial charge in [0.05, 0.1) is 5.92 Å². The van der Waals surface area contributed by atoms with E-state index in [4.69, 9.17) is 5.73 Å². The number of hydrogen-bond donors (Lipinski definition) is 1. The molecule has 118 valence electrons. The molecule has 0 fully saturated rings. The Morgan fingerprint density at radius 3 is 2.43 bits per heavy atom. The number of amides is 1. The van der Waals surface area contributed by atoms with Gasteiger partial charge in [-0.05, 0) is 13.0 Å². The number of alkyl halides is 3.